The van der Waals surface area contributed by atoms with Crippen LogP contribution in [0.4, 0.5) is 5.82 Å². The minimum absolute atomic E-state index is 0.492. The largest absolute Gasteiger partial charge is 0.361 e. The van der Waals surface area contributed by atoms with Crippen LogP contribution in [0.1, 0.15) is 24.2 Å². The molecule has 4 heterocycles. The monoisotopic (exact) mass is 335 g/mol. The Morgan fingerprint density at radius 1 is 1.16 bits per heavy atom. The van der Waals surface area contributed by atoms with E-state index < -0.39 is 0 Å². The molecular weight excluding hydrogens is 318 g/mol. The quantitative estimate of drug-likeness (QED) is 0.591. The number of pyridine rings is 1. The fourth-order valence-corrected chi connectivity index (χ4v) is 2.92. The minimum atomic E-state index is 0.492. The second-order valence-corrected chi connectivity index (χ2v) is 6.51. The zero-order valence-corrected chi connectivity index (χ0v) is 13.8. The van der Waals surface area contributed by atoms with Gasteiger partial charge in [0.25, 0.3) is 0 Å². The fourth-order valence-electron chi connectivity index (χ4n) is 2.92. The average Bonchev–Trinajstić information content (AvgIpc) is 3.21. The van der Waals surface area contributed by atoms with E-state index in [1.165, 1.54) is 12.8 Å². The van der Waals surface area contributed by atoms with Gasteiger partial charge in [0.2, 0.25) is 0 Å². The summed E-state index contributed by atoms with van der Waals surface area (Å²) in [5.74, 6) is 2.19. The van der Waals surface area contributed by atoms with Crippen LogP contribution in [0, 0.1) is 12.8 Å². The maximum Gasteiger partial charge on any atom is 0.183 e. The van der Waals surface area contributed by atoms with Gasteiger partial charge in [0.05, 0.1) is 6.54 Å². The first-order chi connectivity index (χ1) is 12.3. The van der Waals surface area contributed by atoms with Crippen LogP contribution in [0.15, 0.2) is 24.7 Å². The lowest BCUT2D eigenvalue weighted by molar-refractivity contribution is 0.555. The Labute approximate surface area is 143 Å². The van der Waals surface area contributed by atoms with Crippen molar-refractivity contribution in [3.05, 3.63) is 36.0 Å². The molecule has 1 saturated carbocycles. The Morgan fingerprint density at radius 2 is 2.08 bits per heavy atom. The number of fused-ring (bicyclic) bond motifs is 2. The smallest absolute Gasteiger partial charge is 0.183 e. The summed E-state index contributed by atoms with van der Waals surface area (Å²) in [6, 6.07) is 3.98. The Balaban J connectivity index is 1.43. The molecule has 126 valence electrons. The normalized spacial score (nSPS) is 14.4. The van der Waals surface area contributed by atoms with E-state index in [0.717, 1.165) is 29.2 Å². The van der Waals surface area contributed by atoms with Crippen LogP contribution in [0.5, 0.6) is 0 Å². The Morgan fingerprint density at radius 3 is 2.96 bits per heavy atom. The molecular formula is C16H17N9. The van der Waals surface area contributed by atoms with Crippen LogP contribution in [-0.4, -0.2) is 39.6 Å². The van der Waals surface area contributed by atoms with E-state index in [2.05, 4.69) is 35.8 Å². The van der Waals surface area contributed by atoms with Gasteiger partial charge in [-0.1, -0.05) is 11.3 Å². The van der Waals surface area contributed by atoms with Crippen molar-refractivity contribution in [2.24, 2.45) is 5.92 Å². The first kappa shape index (κ1) is 14.3. The van der Waals surface area contributed by atoms with Crippen LogP contribution in [-0.2, 0) is 13.1 Å². The topological polar surface area (TPSA) is 98.7 Å². The van der Waals surface area contributed by atoms with Gasteiger partial charge < -0.3 is 5.32 Å². The maximum absolute atomic E-state index is 4.34. The van der Waals surface area contributed by atoms with Crippen molar-refractivity contribution >= 4 is 22.6 Å². The third kappa shape index (κ3) is 2.57. The second kappa shape index (κ2) is 5.47. The number of nitrogens with zero attached hydrogens (tertiary/aromatic N) is 8. The summed E-state index contributed by atoms with van der Waals surface area (Å²) in [4.78, 5) is 8.66. The minimum Gasteiger partial charge on any atom is -0.361 e. The zero-order valence-electron chi connectivity index (χ0n) is 13.8. The summed E-state index contributed by atoms with van der Waals surface area (Å²) < 4.78 is 3.85. The molecule has 0 atom stereocenters. The molecule has 0 amide bonds. The van der Waals surface area contributed by atoms with Crippen LogP contribution in [0.2, 0.25) is 0 Å². The molecule has 4 aromatic rings. The highest BCUT2D eigenvalue weighted by Crippen LogP contribution is 2.31. The van der Waals surface area contributed by atoms with Gasteiger partial charge >= 0.3 is 0 Å². The van der Waals surface area contributed by atoms with Crippen LogP contribution in [0.3, 0.4) is 0 Å². The van der Waals surface area contributed by atoms with Crippen LogP contribution >= 0.6 is 0 Å². The SMILES string of the molecule is Cc1ccc2nnc(CNc3ncnc4c3nnn4CC3CC3)n2c1. The van der Waals surface area contributed by atoms with Gasteiger partial charge in [-0.15, -0.1) is 15.3 Å². The maximum atomic E-state index is 4.34. The summed E-state index contributed by atoms with van der Waals surface area (Å²) in [6.45, 7) is 3.41. The Bertz CT molecular complexity index is 1060. The number of rotatable bonds is 5. The molecule has 4 aromatic heterocycles. The number of anilines is 1. The highest BCUT2D eigenvalue weighted by atomic mass is 15.4. The van der Waals surface area contributed by atoms with Gasteiger partial charge in [0, 0.05) is 12.7 Å². The van der Waals surface area contributed by atoms with Gasteiger partial charge in [-0.2, -0.15) is 0 Å². The van der Waals surface area contributed by atoms with Gasteiger partial charge in [0.15, 0.2) is 28.5 Å². The van der Waals surface area contributed by atoms with E-state index >= 15 is 0 Å². The molecule has 0 bridgehead atoms. The highest BCUT2D eigenvalue weighted by Gasteiger charge is 2.24. The lowest BCUT2D eigenvalue weighted by Crippen LogP contribution is -2.07. The molecule has 0 aromatic carbocycles. The molecule has 1 aliphatic rings. The van der Waals surface area contributed by atoms with Gasteiger partial charge in [-0.3, -0.25) is 4.40 Å². The molecule has 9 nitrogen and oxygen atoms in total. The van der Waals surface area contributed by atoms with Crippen LogP contribution < -0.4 is 5.32 Å². The third-order valence-corrected chi connectivity index (χ3v) is 4.46. The van der Waals surface area contributed by atoms with E-state index in [1.54, 1.807) is 6.33 Å². The Hall–Kier alpha value is -3.10. The fraction of sp³-hybridized carbons (Fsp3) is 0.375. The number of aryl methyl sites for hydroxylation is 1. The molecule has 25 heavy (non-hydrogen) atoms. The van der Waals surface area contributed by atoms with Gasteiger partial charge in [-0.05, 0) is 37.3 Å². The summed E-state index contributed by atoms with van der Waals surface area (Å²) in [5.41, 5.74) is 3.44. The lowest BCUT2D eigenvalue weighted by atomic mass is 10.3. The molecule has 5 rings (SSSR count). The number of aromatic nitrogens is 8. The predicted molar refractivity (Wildman–Crippen MR) is 90.9 cm³/mol. The molecule has 1 N–H and O–H groups in total. The van der Waals surface area contributed by atoms with Gasteiger partial charge in [0.1, 0.15) is 6.33 Å². The molecule has 0 unspecified atom stereocenters. The van der Waals surface area contributed by atoms with Crippen molar-refractivity contribution in [1.29, 1.82) is 0 Å². The number of nitrogens with one attached hydrogen (secondary N) is 1. The summed E-state index contributed by atoms with van der Waals surface area (Å²) in [7, 11) is 0. The molecule has 9 heteroatoms. The van der Waals surface area contributed by atoms with Crippen molar-refractivity contribution < 1.29 is 0 Å². The molecule has 1 aliphatic carbocycles. The van der Waals surface area contributed by atoms with E-state index in [9.17, 15) is 0 Å². The van der Waals surface area contributed by atoms with Crippen molar-refractivity contribution in [3.63, 3.8) is 0 Å². The van der Waals surface area contributed by atoms with E-state index in [4.69, 9.17) is 0 Å². The van der Waals surface area contributed by atoms with Gasteiger partial charge in [-0.25, -0.2) is 14.6 Å². The Kier molecular flexibility index (Phi) is 3.12. The number of hydrogen-bond acceptors (Lipinski definition) is 7. The molecule has 0 saturated heterocycles. The van der Waals surface area contributed by atoms with Crippen molar-refractivity contribution in [3.8, 4) is 0 Å². The van der Waals surface area contributed by atoms with Crippen molar-refractivity contribution in [2.45, 2.75) is 32.9 Å². The first-order valence-corrected chi connectivity index (χ1v) is 8.36. The molecule has 0 radical (unpaired) electrons. The molecule has 0 spiro atoms. The average molecular weight is 335 g/mol. The highest BCUT2D eigenvalue weighted by molar-refractivity contribution is 5.81. The summed E-state index contributed by atoms with van der Waals surface area (Å²) >= 11 is 0. The molecule has 0 aliphatic heterocycles. The third-order valence-electron chi connectivity index (χ3n) is 4.46. The van der Waals surface area contributed by atoms with Crippen LogP contribution in [0.25, 0.3) is 16.8 Å². The number of hydrogen-bond donors (Lipinski definition) is 1. The van der Waals surface area contributed by atoms with E-state index in [1.807, 2.05) is 34.3 Å². The first-order valence-electron chi connectivity index (χ1n) is 8.36. The van der Waals surface area contributed by atoms with E-state index in [-0.39, 0.29) is 0 Å². The summed E-state index contributed by atoms with van der Waals surface area (Å²) in [5, 5.41) is 20.2. The summed E-state index contributed by atoms with van der Waals surface area (Å²) in [6.07, 6.45) is 6.09. The van der Waals surface area contributed by atoms with Crippen molar-refractivity contribution in [1.82, 2.24) is 39.6 Å². The van der Waals surface area contributed by atoms with E-state index in [0.29, 0.717) is 23.8 Å². The molecule has 1 fully saturated rings. The zero-order chi connectivity index (χ0) is 16.8. The lowest BCUT2D eigenvalue weighted by Gasteiger charge is -2.05. The van der Waals surface area contributed by atoms with Crippen molar-refractivity contribution in [2.75, 3.05) is 5.32 Å². The standard InChI is InChI=1S/C16H17N9/c1-10-2-5-12-20-21-13(24(12)7-10)6-17-15-14-16(19-9-18-15)25(23-22-14)8-11-3-4-11/h2,5,7,9,11H,3-4,6,8H2,1H3,(H,17,18,19). The predicted octanol–water partition coefficient (Wildman–Crippen LogP) is 1.59. The second-order valence-electron chi connectivity index (χ2n) is 6.51.